The Balaban J connectivity index is 1.61. The lowest BCUT2D eigenvalue weighted by Crippen LogP contribution is -2.24. The number of ether oxygens (including phenoxy) is 1. The van der Waals surface area contributed by atoms with Crippen molar-refractivity contribution in [1.29, 1.82) is 0 Å². The lowest BCUT2D eigenvalue weighted by Gasteiger charge is -2.30. The molecule has 0 heterocycles. The van der Waals surface area contributed by atoms with E-state index in [0.717, 1.165) is 6.42 Å². The van der Waals surface area contributed by atoms with Gasteiger partial charge in [0.15, 0.2) is 0 Å². The average Bonchev–Trinajstić information content (AvgIpc) is 2.38. The maximum Gasteiger partial charge on any atom is 0.573 e. The standard InChI is InChI=1S/C16H14F3NO/c17-16(18,19)21-14-6-3-5-13(9-14)20-10-12-8-11-4-1-2-7-15(11)12/h1-7,9,12,20H,8,10H2. The van der Waals surface area contributed by atoms with Crippen LogP contribution in [0.3, 0.4) is 0 Å². The number of fused-ring (bicyclic) bond motifs is 1. The number of hydrogen-bond donors (Lipinski definition) is 1. The van der Waals surface area contributed by atoms with Crippen LogP contribution in [0.2, 0.25) is 0 Å². The monoisotopic (exact) mass is 293 g/mol. The van der Waals surface area contributed by atoms with Crippen LogP contribution in [0.1, 0.15) is 17.0 Å². The molecule has 0 bridgehead atoms. The fourth-order valence-electron chi connectivity index (χ4n) is 2.59. The van der Waals surface area contributed by atoms with Crippen LogP contribution in [0.4, 0.5) is 18.9 Å². The van der Waals surface area contributed by atoms with E-state index in [0.29, 0.717) is 18.2 Å². The van der Waals surface area contributed by atoms with Crippen molar-refractivity contribution in [3.05, 3.63) is 59.7 Å². The minimum absolute atomic E-state index is 0.207. The van der Waals surface area contributed by atoms with Gasteiger partial charge in [-0.1, -0.05) is 30.3 Å². The lowest BCUT2D eigenvalue weighted by atomic mass is 9.77. The highest BCUT2D eigenvalue weighted by Gasteiger charge is 2.31. The van der Waals surface area contributed by atoms with Crippen molar-refractivity contribution in [2.45, 2.75) is 18.7 Å². The molecule has 0 aromatic heterocycles. The van der Waals surface area contributed by atoms with E-state index in [1.165, 1.54) is 29.3 Å². The molecule has 0 saturated heterocycles. The Morgan fingerprint density at radius 3 is 2.67 bits per heavy atom. The van der Waals surface area contributed by atoms with Crippen molar-refractivity contribution in [3.8, 4) is 5.75 Å². The van der Waals surface area contributed by atoms with Crippen LogP contribution in [0.5, 0.6) is 5.75 Å². The SMILES string of the molecule is FC(F)(F)Oc1cccc(NCC2Cc3ccccc32)c1. The predicted molar refractivity (Wildman–Crippen MR) is 74.5 cm³/mol. The summed E-state index contributed by atoms with van der Waals surface area (Å²) in [6, 6.07) is 14.1. The lowest BCUT2D eigenvalue weighted by molar-refractivity contribution is -0.274. The summed E-state index contributed by atoms with van der Waals surface area (Å²) in [7, 11) is 0. The van der Waals surface area contributed by atoms with Gasteiger partial charge in [0.2, 0.25) is 0 Å². The second-order valence-electron chi connectivity index (χ2n) is 5.06. The number of halogens is 3. The molecule has 21 heavy (non-hydrogen) atoms. The van der Waals surface area contributed by atoms with Gasteiger partial charge in [0.25, 0.3) is 0 Å². The summed E-state index contributed by atoms with van der Waals surface area (Å²) in [6.45, 7) is 0.701. The van der Waals surface area contributed by atoms with E-state index < -0.39 is 6.36 Å². The number of alkyl halides is 3. The van der Waals surface area contributed by atoms with Crippen molar-refractivity contribution < 1.29 is 17.9 Å². The van der Waals surface area contributed by atoms with E-state index in [1.54, 1.807) is 6.07 Å². The summed E-state index contributed by atoms with van der Waals surface area (Å²) < 4.78 is 40.4. The Hall–Kier alpha value is -2.17. The van der Waals surface area contributed by atoms with Gasteiger partial charge in [0, 0.05) is 24.2 Å². The summed E-state index contributed by atoms with van der Waals surface area (Å²) in [4.78, 5) is 0. The maximum absolute atomic E-state index is 12.2. The van der Waals surface area contributed by atoms with Crippen LogP contribution in [0.15, 0.2) is 48.5 Å². The third-order valence-electron chi connectivity index (χ3n) is 3.58. The van der Waals surface area contributed by atoms with E-state index in [4.69, 9.17) is 0 Å². The molecule has 2 aromatic carbocycles. The molecule has 0 fully saturated rings. The summed E-state index contributed by atoms with van der Waals surface area (Å²) in [5.74, 6) is 0.204. The van der Waals surface area contributed by atoms with Crippen molar-refractivity contribution in [3.63, 3.8) is 0 Å². The van der Waals surface area contributed by atoms with Crippen molar-refractivity contribution in [2.75, 3.05) is 11.9 Å². The number of nitrogens with one attached hydrogen (secondary N) is 1. The Morgan fingerprint density at radius 2 is 1.90 bits per heavy atom. The predicted octanol–water partition coefficient (Wildman–Crippen LogP) is 4.34. The molecule has 1 aliphatic carbocycles. The highest BCUT2D eigenvalue weighted by Crippen LogP contribution is 2.35. The second-order valence-corrected chi connectivity index (χ2v) is 5.06. The van der Waals surface area contributed by atoms with Gasteiger partial charge in [-0.15, -0.1) is 13.2 Å². The van der Waals surface area contributed by atoms with Gasteiger partial charge in [0.1, 0.15) is 5.75 Å². The fraction of sp³-hybridized carbons (Fsp3) is 0.250. The minimum Gasteiger partial charge on any atom is -0.406 e. The number of benzene rings is 2. The first-order chi connectivity index (χ1) is 10.0. The molecule has 1 aliphatic rings. The molecule has 1 atom stereocenters. The topological polar surface area (TPSA) is 21.3 Å². The van der Waals surface area contributed by atoms with Gasteiger partial charge in [0.05, 0.1) is 0 Å². The van der Waals surface area contributed by atoms with Gasteiger partial charge >= 0.3 is 6.36 Å². The van der Waals surface area contributed by atoms with Crippen LogP contribution in [0.25, 0.3) is 0 Å². The molecule has 0 radical (unpaired) electrons. The van der Waals surface area contributed by atoms with Gasteiger partial charge in [-0.2, -0.15) is 0 Å². The van der Waals surface area contributed by atoms with Gasteiger partial charge in [-0.3, -0.25) is 0 Å². The normalized spacial score (nSPS) is 16.8. The molecule has 2 aromatic rings. The van der Waals surface area contributed by atoms with Crippen molar-refractivity contribution >= 4 is 5.69 Å². The Morgan fingerprint density at radius 1 is 1.10 bits per heavy atom. The first kappa shape index (κ1) is 13.8. The molecule has 0 spiro atoms. The summed E-state index contributed by atoms with van der Waals surface area (Å²) in [5, 5.41) is 3.17. The highest BCUT2D eigenvalue weighted by molar-refractivity contribution is 5.50. The zero-order chi connectivity index (χ0) is 14.9. The van der Waals surface area contributed by atoms with Crippen LogP contribution in [0, 0.1) is 0 Å². The molecule has 0 aliphatic heterocycles. The molecule has 1 N–H and O–H groups in total. The summed E-state index contributed by atoms with van der Waals surface area (Å²) >= 11 is 0. The molecule has 110 valence electrons. The average molecular weight is 293 g/mol. The first-order valence-corrected chi connectivity index (χ1v) is 6.69. The minimum atomic E-state index is -4.66. The van der Waals surface area contributed by atoms with Crippen LogP contribution < -0.4 is 10.1 Å². The van der Waals surface area contributed by atoms with Crippen LogP contribution >= 0.6 is 0 Å². The van der Waals surface area contributed by atoms with E-state index in [1.807, 2.05) is 12.1 Å². The van der Waals surface area contributed by atoms with Crippen LogP contribution in [-0.2, 0) is 6.42 Å². The molecular weight excluding hydrogens is 279 g/mol. The zero-order valence-electron chi connectivity index (χ0n) is 11.2. The third kappa shape index (κ3) is 3.29. The van der Waals surface area contributed by atoms with Crippen molar-refractivity contribution in [1.82, 2.24) is 0 Å². The quantitative estimate of drug-likeness (QED) is 0.905. The number of rotatable bonds is 4. The second kappa shape index (κ2) is 5.31. The van der Waals surface area contributed by atoms with Gasteiger partial charge in [-0.25, -0.2) is 0 Å². The number of anilines is 1. The zero-order valence-corrected chi connectivity index (χ0v) is 11.2. The maximum atomic E-state index is 12.2. The Kier molecular flexibility index (Phi) is 3.49. The van der Waals surface area contributed by atoms with Crippen molar-refractivity contribution in [2.24, 2.45) is 0 Å². The first-order valence-electron chi connectivity index (χ1n) is 6.69. The molecule has 1 unspecified atom stereocenters. The third-order valence-corrected chi connectivity index (χ3v) is 3.58. The van der Waals surface area contributed by atoms with E-state index in [9.17, 15) is 13.2 Å². The summed E-state index contributed by atoms with van der Waals surface area (Å²) in [5.41, 5.74) is 3.28. The van der Waals surface area contributed by atoms with Gasteiger partial charge < -0.3 is 10.1 Å². The molecule has 5 heteroatoms. The molecule has 0 saturated carbocycles. The smallest absolute Gasteiger partial charge is 0.406 e. The summed E-state index contributed by atoms with van der Waals surface area (Å²) in [6.07, 6.45) is -3.66. The van der Waals surface area contributed by atoms with Gasteiger partial charge in [-0.05, 0) is 29.7 Å². The largest absolute Gasteiger partial charge is 0.573 e. The molecular formula is C16H14F3NO. The van der Waals surface area contributed by atoms with Crippen LogP contribution in [-0.4, -0.2) is 12.9 Å². The van der Waals surface area contributed by atoms with E-state index >= 15 is 0 Å². The van der Waals surface area contributed by atoms with E-state index in [-0.39, 0.29) is 5.75 Å². The van der Waals surface area contributed by atoms with E-state index in [2.05, 4.69) is 22.2 Å². The Bertz CT molecular complexity index is 639. The highest BCUT2D eigenvalue weighted by atomic mass is 19.4. The molecule has 0 amide bonds. The fourth-order valence-corrected chi connectivity index (χ4v) is 2.59. The number of hydrogen-bond acceptors (Lipinski definition) is 2. The Labute approximate surface area is 120 Å². The molecule has 3 rings (SSSR count). The molecule has 2 nitrogen and oxygen atoms in total.